The fourth-order valence-corrected chi connectivity index (χ4v) is 1.97. The Morgan fingerprint density at radius 3 is 2.20 bits per heavy atom. The third-order valence-corrected chi connectivity index (χ3v) is 2.83. The van der Waals surface area contributed by atoms with Gasteiger partial charge in [0.05, 0.1) is 0 Å². The Morgan fingerprint density at radius 2 is 1.67 bits per heavy atom. The van der Waals surface area contributed by atoms with Crippen molar-refractivity contribution in [1.82, 2.24) is 9.97 Å². The van der Waals surface area contributed by atoms with E-state index in [0.717, 1.165) is 18.4 Å². The van der Waals surface area contributed by atoms with Crippen LogP contribution in [-0.4, -0.2) is 9.97 Å². The number of nitrogen functional groups attached to an aromatic ring is 1. The molecule has 1 rings (SSSR count). The predicted octanol–water partition coefficient (Wildman–Crippen LogP) is 3.49. The van der Waals surface area contributed by atoms with Crippen LogP contribution in [0.1, 0.15) is 38.2 Å². The summed E-state index contributed by atoms with van der Waals surface area (Å²) >= 11 is 11.9. The van der Waals surface area contributed by atoms with Crippen molar-refractivity contribution < 1.29 is 0 Å². The van der Waals surface area contributed by atoms with E-state index in [1.165, 1.54) is 19.3 Å². The molecule has 1 aromatic rings. The van der Waals surface area contributed by atoms with Gasteiger partial charge in [0.25, 0.3) is 0 Å². The van der Waals surface area contributed by atoms with Crippen LogP contribution in [0.5, 0.6) is 0 Å². The van der Waals surface area contributed by atoms with Gasteiger partial charge in [0.1, 0.15) is 10.3 Å². The molecule has 5 heteroatoms. The molecule has 0 saturated carbocycles. The smallest absolute Gasteiger partial charge is 0.222 e. The molecule has 0 atom stereocenters. The molecule has 0 aliphatic carbocycles. The summed E-state index contributed by atoms with van der Waals surface area (Å²) in [6.45, 7) is 2.17. The van der Waals surface area contributed by atoms with Crippen molar-refractivity contribution in [2.45, 2.75) is 39.0 Å². The van der Waals surface area contributed by atoms with Crippen LogP contribution in [0.2, 0.25) is 10.3 Å². The second-order valence-corrected chi connectivity index (χ2v) is 4.17. The predicted molar refractivity (Wildman–Crippen MR) is 64.3 cm³/mol. The van der Waals surface area contributed by atoms with E-state index in [4.69, 9.17) is 28.9 Å². The van der Waals surface area contributed by atoms with Gasteiger partial charge in [-0.05, 0) is 12.8 Å². The fraction of sp³-hybridized carbons (Fsp3) is 0.600. The van der Waals surface area contributed by atoms with E-state index in [-0.39, 0.29) is 5.95 Å². The molecule has 84 valence electrons. The number of rotatable bonds is 5. The second kappa shape index (κ2) is 6.13. The molecular weight excluding hydrogens is 233 g/mol. The zero-order chi connectivity index (χ0) is 11.3. The van der Waals surface area contributed by atoms with Crippen LogP contribution < -0.4 is 5.73 Å². The van der Waals surface area contributed by atoms with Gasteiger partial charge in [0.2, 0.25) is 5.95 Å². The summed E-state index contributed by atoms with van der Waals surface area (Å²) < 4.78 is 0. The minimum Gasteiger partial charge on any atom is -0.368 e. The highest BCUT2D eigenvalue weighted by atomic mass is 35.5. The van der Waals surface area contributed by atoms with Crippen molar-refractivity contribution in [3.63, 3.8) is 0 Å². The number of anilines is 1. The van der Waals surface area contributed by atoms with E-state index in [2.05, 4.69) is 16.9 Å². The molecule has 2 N–H and O–H groups in total. The van der Waals surface area contributed by atoms with Crippen LogP contribution in [0.25, 0.3) is 0 Å². The van der Waals surface area contributed by atoms with E-state index < -0.39 is 0 Å². The van der Waals surface area contributed by atoms with Gasteiger partial charge in [-0.3, -0.25) is 0 Å². The standard InChI is InChI=1S/C10H15Cl2N3/c1-2-3-4-5-6-7-8(11)14-10(13)15-9(7)12/h2-6H2,1H3,(H2,13,14,15). The lowest BCUT2D eigenvalue weighted by atomic mass is 10.1. The maximum Gasteiger partial charge on any atom is 0.222 e. The van der Waals surface area contributed by atoms with Crippen LogP contribution in [0.4, 0.5) is 5.95 Å². The Kier molecular flexibility index (Phi) is 5.12. The highest BCUT2D eigenvalue weighted by Gasteiger charge is 2.09. The largest absolute Gasteiger partial charge is 0.368 e. The number of hydrogen-bond acceptors (Lipinski definition) is 3. The van der Waals surface area contributed by atoms with Gasteiger partial charge in [0, 0.05) is 5.56 Å². The highest BCUT2D eigenvalue weighted by molar-refractivity contribution is 6.34. The number of nitrogens with two attached hydrogens (primary N) is 1. The quantitative estimate of drug-likeness (QED) is 0.641. The first kappa shape index (κ1) is 12.5. The maximum atomic E-state index is 5.93. The third kappa shape index (κ3) is 3.84. The Morgan fingerprint density at radius 1 is 1.07 bits per heavy atom. The number of hydrogen-bond donors (Lipinski definition) is 1. The average molecular weight is 248 g/mol. The zero-order valence-corrected chi connectivity index (χ0v) is 10.3. The molecule has 0 radical (unpaired) electrons. The van der Waals surface area contributed by atoms with Gasteiger partial charge in [0.15, 0.2) is 0 Å². The molecule has 0 unspecified atom stereocenters. The van der Waals surface area contributed by atoms with Gasteiger partial charge in [-0.25, -0.2) is 9.97 Å². The van der Waals surface area contributed by atoms with Crippen molar-refractivity contribution in [2.75, 3.05) is 5.73 Å². The van der Waals surface area contributed by atoms with Crippen molar-refractivity contribution in [1.29, 1.82) is 0 Å². The van der Waals surface area contributed by atoms with Crippen molar-refractivity contribution in [2.24, 2.45) is 0 Å². The molecule has 0 fully saturated rings. The lowest BCUT2D eigenvalue weighted by molar-refractivity contribution is 0.665. The number of aromatic nitrogens is 2. The van der Waals surface area contributed by atoms with Gasteiger partial charge in [-0.15, -0.1) is 0 Å². The van der Waals surface area contributed by atoms with Crippen LogP contribution in [0.15, 0.2) is 0 Å². The Labute approximate surface area is 100 Å². The van der Waals surface area contributed by atoms with E-state index in [0.29, 0.717) is 10.3 Å². The summed E-state index contributed by atoms with van der Waals surface area (Å²) in [6, 6.07) is 0. The Hall–Kier alpha value is -0.540. The molecule has 0 aromatic carbocycles. The summed E-state index contributed by atoms with van der Waals surface area (Å²) in [5.41, 5.74) is 6.22. The Bertz CT molecular complexity index is 305. The zero-order valence-electron chi connectivity index (χ0n) is 8.76. The molecular formula is C10H15Cl2N3. The fourth-order valence-electron chi connectivity index (χ4n) is 1.38. The topological polar surface area (TPSA) is 51.8 Å². The van der Waals surface area contributed by atoms with Crippen molar-refractivity contribution in [3.8, 4) is 0 Å². The summed E-state index contributed by atoms with van der Waals surface area (Å²) in [7, 11) is 0. The molecule has 1 aromatic heterocycles. The summed E-state index contributed by atoms with van der Waals surface area (Å²) in [5, 5.41) is 0.757. The number of halogens is 2. The molecule has 0 saturated heterocycles. The van der Waals surface area contributed by atoms with Gasteiger partial charge in [-0.1, -0.05) is 49.4 Å². The maximum absolute atomic E-state index is 5.93. The Balaban J connectivity index is 2.60. The molecule has 0 aliphatic rings. The molecule has 0 bridgehead atoms. The summed E-state index contributed by atoms with van der Waals surface area (Å²) in [6.07, 6.45) is 5.48. The average Bonchev–Trinajstić information content (AvgIpc) is 2.15. The second-order valence-electron chi connectivity index (χ2n) is 3.45. The lowest BCUT2D eigenvalue weighted by Gasteiger charge is -2.05. The van der Waals surface area contributed by atoms with Crippen molar-refractivity contribution >= 4 is 29.2 Å². The first-order valence-corrected chi connectivity index (χ1v) is 5.88. The first-order valence-electron chi connectivity index (χ1n) is 5.12. The lowest BCUT2D eigenvalue weighted by Crippen LogP contribution is -2.00. The summed E-state index contributed by atoms with van der Waals surface area (Å²) in [4.78, 5) is 7.76. The van der Waals surface area contributed by atoms with E-state index in [9.17, 15) is 0 Å². The molecule has 3 nitrogen and oxygen atoms in total. The van der Waals surface area contributed by atoms with Gasteiger partial charge in [-0.2, -0.15) is 0 Å². The SMILES string of the molecule is CCCCCCc1c(Cl)nc(N)nc1Cl. The molecule has 0 amide bonds. The minimum absolute atomic E-state index is 0.127. The van der Waals surface area contributed by atoms with E-state index >= 15 is 0 Å². The monoisotopic (exact) mass is 247 g/mol. The minimum atomic E-state index is 0.127. The number of unbranched alkanes of at least 4 members (excludes halogenated alkanes) is 3. The van der Waals surface area contributed by atoms with Crippen LogP contribution >= 0.6 is 23.2 Å². The highest BCUT2D eigenvalue weighted by Crippen LogP contribution is 2.23. The van der Waals surface area contributed by atoms with E-state index in [1.807, 2.05) is 0 Å². The van der Waals surface area contributed by atoms with Crippen LogP contribution in [0, 0.1) is 0 Å². The summed E-state index contributed by atoms with van der Waals surface area (Å²) in [5.74, 6) is 0.127. The third-order valence-electron chi connectivity index (χ3n) is 2.20. The molecule has 15 heavy (non-hydrogen) atoms. The van der Waals surface area contributed by atoms with E-state index in [1.54, 1.807) is 0 Å². The van der Waals surface area contributed by atoms with Crippen molar-refractivity contribution in [3.05, 3.63) is 15.9 Å². The van der Waals surface area contributed by atoms with Crippen LogP contribution in [-0.2, 0) is 6.42 Å². The first-order chi connectivity index (χ1) is 7.15. The normalized spacial score (nSPS) is 10.6. The molecule has 0 aliphatic heterocycles. The molecule has 0 spiro atoms. The van der Waals surface area contributed by atoms with Gasteiger partial charge < -0.3 is 5.73 Å². The molecule has 1 heterocycles. The number of nitrogens with zero attached hydrogens (tertiary/aromatic N) is 2. The van der Waals surface area contributed by atoms with Crippen LogP contribution in [0.3, 0.4) is 0 Å². The van der Waals surface area contributed by atoms with Gasteiger partial charge >= 0.3 is 0 Å².